The van der Waals surface area contributed by atoms with E-state index < -0.39 is 0 Å². The minimum atomic E-state index is 0.000486. The summed E-state index contributed by atoms with van der Waals surface area (Å²) in [5.41, 5.74) is 0. The zero-order valence-electron chi connectivity index (χ0n) is 14.4. The third kappa shape index (κ3) is 6.32. The van der Waals surface area contributed by atoms with E-state index in [0.717, 1.165) is 32.4 Å². The van der Waals surface area contributed by atoms with Gasteiger partial charge in [0.25, 0.3) is 0 Å². The van der Waals surface area contributed by atoms with E-state index in [1.54, 1.807) is 0 Å². The highest BCUT2D eigenvalue weighted by Gasteiger charge is 2.37. The van der Waals surface area contributed by atoms with Crippen molar-refractivity contribution in [2.24, 2.45) is 5.92 Å². The zero-order valence-corrected chi connectivity index (χ0v) is 14.4. The summed E-state index contributed by atoms with van der Waals surface area (Å²) in [6.45, 7) is 9.47. The van der Waals surface area contributed by atoms with Crippen LogP contribution in [0.15, 0.2) is 0 Å². The van der Waals surface area contributed by atoms with E-state index in [4.69, 9.17) is 4.74 Å². The van der Waals surface area contributed by atoms with Crippen LogP contribution in [0.5, 0.6) is 0 Å². The van der Waals surface area contributed by atoms with Crippen molar-refractivity contribution in [3.63, 3.8) is 0 Å². The third-order valence-electron chi connectivity index (χ3n) is 3.78. The maximum absolute atomic E-state index is 12.5. The number of carbonyl (C=O) groups is 1. The Morgan fingerprint density at radius 3 is 2.62 bits per heavy atom. The van der Waals surface area contributed by atoms with Crippen LogP contribution in [0.2, 0.25) is 0 Å². The van der Waals surface area contributed by atoms with Gasteiger partial charge in [-0.25, -0.2) is 0 Å². The Hall–Kier alpha value is -0.650. The number of nitrogens with one attached hydrogen (secondary N) is 1. The van der Waals surface area contributed by atoms with E-state index in [0.29, 0.717) is 19.1 Å². The maximum atomic E-state index is 12.5. The van der Waals surface area contributed by atoms with Crippen LogP contribution in [0, 0.1) is 5.92 Å². The summed E-state index contributed by atoms with van der Waals surface area (Å²) >= 11 is 0. The molecule has 1 saturated heterocycles. The third-order valence-corrected chi connectivity index (χ3v) is 3.78. The molecule has 1 N–H and O–H groups in total. The molecule has 21 heavy (non-hydrogen) atoms. The average Bonchev–Trinajstić information content (AvgIpc) is 2.66. The number of likely N-dealkylation sites (N-methyl/N-ethyl adjacent to an activating group) is 1. The minimum Gasteiger partial charge on any atom is -0.378 e. The molecule has 0 radical (unpaired) electrons. The fraction of sp³-hybridized carbons (Fsp3) is 0.938. The number of rotatable bonds is 10. The molecule has 0 saturated carbocycles. The van der Waals surface area contributed by atoms with Crippen LogP contribution in [0.25, 0.3) is 0 Å². The first-order valence-electron chi connectivity index (χ1n) is 8.24. The number of nitrogens with zero attached hydrogens (tertiary/aromatic N) is 2. The van der Waals surface area contributed by atoms with Gasteiger partial charge in [-0.05, 0) is 32.9 Å². The number of hydrogen-bond donors (Lipinski definition) is 1. The molecule has 0 spiro atoms. The van der Waals surface area contributed by atoms with Gasteiger partial charge in [0.2, 0.25) is 5.91 Å². The van der Waals surface area contributed by atoms with Crippen LogP contribution in [-0.2, 0) is 9.53 Å². The Morgan fingerprint density at radius 1 is 1.33 bits per heavy atom. The first-order valence-corrected chi connectivity index (χ1v) is 8.24. The second-order valence-electron chi connectivity index (χ2n) is 6.60. The van der Waals surface area contributed by atoms with Gasteiger partial charge in [-0.15, -0.1) is 0 Å². The monoisotopic (exact) mass is 299 g/mol. The summed E-state index contributed by atoms with van der Waals surface area (Å²) in [4.78, 5) is 16.5. The predicted octanol–water partition coefficient (Wildman–Crippen LogP) is 1.54. The Bertz CT molecular complexity index is 308. The smallest absolute Gasteiger partial charge is 0.241 e. The largest absolute Gasteiger partial charge is 0.378 e. The second-order valence-corrected chi connectivity index (χ2v) is 6.60. The Balaban J connectivity index is 2.44. The number of amides is 1. The Labute approximate surface area is 130 Å². The van der Waals surface area contributed by atoms with Crippen molar-refractivity contribution in [1.82, 2.24) is 15.1 Å². The lowest BCUT2D eigenvalue weighted by Gasteiger charge is -2.25. The maximum Gasteiger partial charge on any atom is 0.241 e. The molecule has 0 aromatic rings. The highest BCUT2D eigenvalue weighted by atomic mass is 16.5. The molecule has 1 aliphatic rings. The second kappa shape index (κ2) is 9.38. The molecule has 0 aromatic carbocycles. The van der Waals surface area contributed by atoms with Crippen molar-refractivity contribution in [2.45, 2.75) is 52.2 Å². The molecule has 5 heteroatoms. The molecule has 124 valence electrons. The van der Waals surface area contributed by atoms with Crippen molar-refractivity contribution in [2.75, 3.05) is 40.4 Å². The molecule has 0 aromatic heterocycles. The van der Waals surface area contributed by atoms with Gasteiger partial charge in [0.05, 0.1) is 25.4 Å². The normalized spacial score (nSPS) is 22.8. The topological polar surface area (TPSA) is 44.8 Å². The molecule has 1 fully saturated rings. The van der Waals surface area contributed by atoms with Gasteiger partial charge in [-0.1, -0.05) is 27.2 Å². The first kappa shape index (κ1) is 18.4. The zero-order chi connectivity index (χ0) is 15.8. The molecular formula is C16H33N3O2. The van der Waals surface area contributed by atoms with Gasteiger partial charge in [0, 0.05) is 13.1 Å². The fourth-order valence-corrected chi connectivity index (χ4v) is 2.66. The van der Waals surface area contributed by atoms with Crippen LogP contribution in [-0.4, -0.2) is 68.3 Å². The van der Waals surface area contributed by atoms with Crippen LogP contribution >= 0.6 is 0 Å². The average molecular weight is 299 g/mol. The van der Waals surface area contributed by atoms with Crippen molar-refractivity contribution >= 4 is 5.91 Å². The van der Waals surface area contributed by atoms with Gasteiger partial charge in [-0.2, -0.15) is 0 Å². The van der Waals surface area contributed by atoms with Crippen LogP contribution < -0.4 is 5.32 Å². The minimum absolute atomic E-state index is 0.000486. The summed E-state index contributed by atoms with van der Waals surface area (Å²) in [5.74, 6) is 0.826. The number of carbonyl (C=O) groups excluding carboxylic acids is 1. The lowest BCUT2D eigenvalue weighted by atomic mass is 10.1. The summed E-state index contributed by atoms with van der Waals surface area (Å²) in [6.07, 6.45) is 3.13. The van der Waals surface area contributed by atoms with Gasteiger partial charge in [0.1, 0.15) is 0 Å². The summed E-state index contributed by atoms with van der Waals surface area (Å²) in [5, 5.41) is 3.49. The first-order chi connectivity index (χ1) is 9.95. The highest BCUT2D eigenvalue weighted by Crippen LogP contribution is 2.19. The standard InChI is InChI=1S/C16H33N3O2/c1-6-7-14-16(20)19(15(17-14)12-13(2)3)9-11-21-10-8-18(4)5/h13-15,17H,6-12H2,1-5H3. The lowest BCUT2D eigenvalue weighted by Crippen LogP contribution is -2.40. The van der Waals surface area contributed by atoms with E-state index in [1.165, 1.54) is 0 Å². The van der Waals surface area contributed by atoms with Gasteiger partial charge in [-0.3, -0.25) is 10.1 Å². The molecule has 1 heterocycles. The van der Waals surface area contributed by atoms with Gasteiger partial charge in [0.15, 0.2) is 0 Å². The van der Waals surface area contributed by atoms with Crippen molar-refractivity contribution in [1.29, 1.82) is 0 Å². The number of hydrogen-bond acceptors (Lipinski definition) is 4. The molecule has 1 amide bonds. The molecule has 1 rings (SSSR count). The summed E-state index contributed by atoms with van der Waals surface area (Å²) < 4.78 is 5.64. The molecule has 5 nitrogen and oxygen atoms in total. The molecule has 0 aliphatic carbocycles. The fourth-order valence-electron chi connectivity index (χ4n) is 2.66. The molecule has 2 unspecified atom stereocenters. The van der Waals surface area contributed by atoms with Crippen molar-refractivity contribution < 1.29 is 9.53 Å². The van der Waals surface area contributed by atoms with Crippen molar-refractivity contribution in [3.05, 3.63) is 0 Å². The van der Waals surface area contributed by atoms with Gasteiger partial charge >= 0.3 is 0 Å². The van der Waals surface area contributed by atoms with E-state index in [2.05, 4.69) is 31.0 Å². The van der Waals surface area contributed by atoms with Crippen LogP contribution in [0.3, 0.4) is 0 Å². The van der Waals surface area contributed by atoms with Gasteiger partial charge < -0.3 is 14.5 Å². The van der Waals surface area contributed by atoms with Crippen molar-refractivity contribution in [3.8, 4) is 0 Å². The predicted molar refractivity (Wildman–Crippen MR) is 86.2 cm³/mol. The molecule has 0 bridgehead atoms. The SMILES string of the molecule is CCCC1NC(CC(C)C)N(CCOCCN(C)C)C1=O. The Morgan fingerprint density at radius 2 is 2.05 bits per heavy atom. The molecular weight excluding hydrogens is 266 g/mol. The summed E-state index contributed by atoms with van der Waals surface area (Å²) in [6, 6.07) is 0.000486. The van der Waals surface area contributed by atoms with Crippen LogP contribution in [0.4, 0.5) is 0 Å². The molecule has 2 atom stereocenters. The number of ether oxygens (including phenoxy) is 1. The Kier molecular flexibility index (Phi) is 8.22. The van der Waals surface area contributed by atoms with E-state index in [-0.39, 0.29) is 18.1 Å². The lowest BCUT2D eigenvalue weighted by molar-refractivity contribution is -0.131. The highest BCUT2D eigenvalue weighted by molar-refractivity contribution is 5.84. The molecule has 1 aliphatic heterocycles. The summed E-state index contributed by atoms with van der Waals surface area (Å²) in [7, 11) is 4.07. The van der Waals surface area contributed by atoms with Crippen LogP contribution in [0.1, 0.15) is 40.0 Å². The van der Waals surface area contributed by atoms with E-state index in [9.17, 15) is 4.79 Å². The van der Waals surface area contributed by atoms with E-state index in [1.807, 2.05) is 19.0 Å². The van der Waals surface area contributed by atoms with E-state index >= 15 is 0 Å². The quantitative estimate of drug-likeness (QED) is 0.622.